The van der Waals surface area contributed by atoms with Gasteiger partial charge in [0.2, 0.25) is 0 Å². The third kappa shape index (κ3) is 6.49. The minimum Gasteiger partial charge on any atom is -0.462 e. The largest absolute Gasteiger partial charge is 0.462 e. The van der Waals surface area contributed by atoms with E-state index in [-0.39, 0.29) is 5.75 Å². The van der Waals surface area contributed by atoms with Crippen LogP contribution in [0.2, 0.25) is 0 Å². The third-order valence-electron chi connectivity index (χ3n) is 5.21. The molecular weight excluding hydrogens is 497 g/mol. The summed E-state index contributed by atoms with van der Waals surface area (Å²) < 4.78 is 44.0. The van der Waals surface area contributed by atoms with Gasteiger partial charge in [0.05, 0.1) is 14.1 Å². The Morgan fingerprint density at radius 3 is 2.58 bits per heavy atom. The molecule has 6 atom stereocenters. The Labute approximate surface area is 208 Å². The van der Waals surface area contributed by atoms with Crippen molar-refractivity contribution < 1.29 is 39.5 Å². The molecule has 3 rings (SSSR count). The molecule has 13 nitrogen and oxygen atoms in total. The molecule has 1 aliphatic heterocycles. The molecule has 0 radical (unpaired) electrons. The number of aromatic amines is 1. The van der Waals surface area contributed by atoms with Gasteiger partial charge in [-0.15, -0.1) is 0 Å². The predicted molar refractivity (Wildman–Crippen MR) is 126 cm³/mol. The summed E-state index contributed by atoms with van der Waals surface area (Å²) in [7, 11) is -4.31. The van der Waals surface area contributed by atoms with Crippen LogP contribution in [0.1, 0.15) is 35.3 Å². The molecule has 2 aromatic rings. The lowest BCUT2D eigenvalue weighted by Gasteiger charge is -2.27. The van der Waals surface area contributed by atoms with Crippen LogP contribution >= 0.6 is 7.75 Å². The van der Waals surface area contributed by atoms with E-state index >= 15 is 0 Å². The van der Waals surface area contributed by atoms with Crippen LogP contribution in [0.5, 0.6) is 5.75 Å². The van der Waals surface area contributed by atoms with Crippen LogP contribution in [0, 0.1) is 0 Å². The van der Waals surface area contributed by atoms with Crippen molar-refractivity contribution >= 4 is 13.7 Å². The predicted octanol–water partition coefficient (Wildman–Crippen LogP) is 0.679. The normalized spacial score (nSPS) is 26.8. The first-order chi connectivity index (χ1) is 17.2. The minimum atomic E-state index is -4.31. The van der Waals surface area contributed by atoms with Gasteiger partial charge < -0.3 is 24.2 Å². The number of hydrogen-bond donors (Lipinski definition) is 4. The molecule has 4 N–H and O–H groups in total. The highest BCUT2D eigenvalue weighted by Gasteiger charge is 2.54. The van der Waals surface area contributed by atoms with Crippen LogP contribution in [0.15, 0.2) is 52.2 Å². The highest BCUT2D eigenvalue weighted by atomic mass is 31.2. The van der Waals surface area contributed by atoms with Crippen LogP contribution in [0.25, 0.3) is 0 Å². The molecule has 0 bridgehead atoms. The van der Waals surface area contributed by atoms with Gasteiger partial charge in [-0.2, -0.15) is 5.09 Å². The number of hydrogen-bond acceptors (Lipinski definition) is 10. The first-order valence-electron chi connectivity index (χ1n) is 11.6. The topological polar surface area (TPSA) is 178 Å². The van der Waals surface area contributed by atoms with Gasteiger partial charge in [-0.3, -0.25) is 23.7 Å². The van der Waals surface area contributed by atoms with Crippen LogP contribution in [-0.2, 0) is 23.4 Å². The number of aromatic nitrogens is 2. The molecule has 14 heteroatoms. The van der Waals surface area contributed by atoms with Crippen molar-refractivity contribution in [3.05, 3.63) is 63.4 Å². The number of para-hydroxylation sites is 1. The molecule has 198 valence electrons. The molecular formula is C22H30N3O10P. The second-order valence-electron chi connectivity index (χ2n) is 8.67. The van der Waals surface area contributed by atoms with Gasteiger partial charge in [-0.05, 0) is 39.8 Å². The molecule has 1 aromatic carbocycles. The Hall–Kier alpha value is -2.80. The van der Waals surface area contributed by atoms with Crippen LogP contribution in [-0.4, -0.2) is 62.3 Å². The minimum absolute atomic E-state index is 0.152. The zero-order chi connectivity index (χ0) is 27.5. The van der Waals surface area contributed by atoms with E-state index in [1.807, 2.05) is 4.98 Å². The van der Waals surface area contributed by atoms with E-state index < -0.39 is 73.9 Å². The molecule has 1 fully saturated rings. The monoisotopic (exact) mass is 528 g/mol. The Balaban J connectivity index is 1.83. The maximum absolute atomic E-state index is 13.6. The Bertz CT molecular complexity index is 1270. The zero-order valence-electron chi connectivity index (χ0n) is 21.1. The van der Waals surface area contributed by atoms with Crippen molar-refractivity contribution in [2.75, 3.05) is 6.61 Å². The summed E-state index contributed by atoms with van der Waals surface area (Å²) in [5.41, 5.74) is -3.97. The van der Waals surface area contributed by atoms with E-state index in [2.05, 4.69) is 5.09 Å². The van der Waals surface area contributed by atoms with Crippen molar-refractivity contribution in [3.63, 3.8) is 0 Å². The lowest BCUT2D eigenvalue weighted by atomic mass is 9.96. The molecule has 0 spiro atoms. The quantitative estimate of drug-likeness (QED) is 0.252. The second-order valence-corrected chi connectivity index (χ2v) is 10.4. The fourth-order valence-electron chi connectivity index (χ4n) is 3.42. The number of ether oxygens (including phenoxy) is 2. The maximum Gasteiger partial charge on any atom is 0.459 e. The number of nitrogens with zero attached hydrogens (tertiary/aromatic N) is 1. The zero-order valence-corrected chi connectivity index (χ0v) is 21.0. The van der Waals surface area contributed by atoms with Gasteiger partial charge in [0, 0.05) is 12.2 Å². The number of carbonyl (C=O) groups is 1. The first-order valence-corrected chi connectivity index (χ1v) is 12.6. The third-order valence-corrected chi connectivity index (χ3v) is 6.85. The van der Waals surface area contributed by atoms with E-state index in [9.17, 15) is 29.2 Å². The molecule has 0 amide bonds. The summed E-state index contributed by atoms with van der Waals surface area (Å²) in [6.45, 7) is 5.25. The number of aliphatic hydroxyl groups excluding tert-OH is 1. The van der Waals surface area contributed by atoms with E-state index in [4.69, 9.17) is 19.9 Å². The Morgan fingerprint density at radius 2 is 1.97 bits per heavy atom. The SMILES string of the molecule is [2H]c1cc(=O)[nH]c(=O)n1[C@@H]1O[C@H](CO[P@@](=O)(NC(C)C(=O)OC(C)C)Oc2ccccc2)[C@@H](O)[C@@]1(C)O. The summed E-state index contributed by atoms with van der Waals surface area (Å²) in [5, 5.41) is 24.1. The van der Waals surface area contributed by atoms with Gasteiger partial charge in [0.1, 0.15) is 29.6 Å². The number of esters is 1. The Morgan fingerprint density at radius 1 is 1.31 bits per heavy atom. The van der Waals surface area contributed by atoms with E-state index in [0.29, 0.717) is 4.57 Å². The van der Waals surface area contributed by atoms with E-state index in [1.165, 1.54) is 26.0 Å². The number of rotatable bonds is 10. The standard InChI is InChI=1S/C22H30N3O10P/c1-13(2)33-19(28)14(3)24-36(31,35-15-8-6-5-7-9-15)32-12-16-18(27)22(4,30)20(34-16)25-11-10-17(26)23-21(25)29/h5-11,13-14,16,18,20,27,30H,12H2,1-4H3,(H,24,31)(H,23,26,29)/t14?,16-,18-,20-,22-,36+/m1/s1/i11D. The van der Waals surface area contributed by atoms with Crippen LogP contribution in [0.4, 0.5) is 0 Å². The average Bonchev–Trinajstić information content (AvgIpc) is 3.01. The number of benzene rings is 1. The summed E-state index contributed by atoms with van der Waals surface area (Å²) in [6, 6.07) is 7.67. The molecule has 1 aliphatic rings. The number of carbonyl (C=O) groups excluding carboxylic acids is 1. The molecule has 0 aliphatic carbocycles. The number of aliphatic hydroxyl groups is 2. The summed E-state index contributed by atoms with van der Waals surface area (Å²) in [6.07, 6.45) is -5.61. The van der Waals surface area contributed by atoms with Crippen LogP contribution in [0.3, 0.4) is 0 Å². The van der Waals surface area contributed by atoms with Crippen molar-refractivity contribution in [1.82, 2.24) is 14.6 Å². The smallest absolute Gasteiger partial charge is 0.459 e. The van der Waals surface area contributed by atoms with Gasteiger partial charge in [-0.1, -0.05) is 18.2 Å². The lowest BCUT2D eigenvalue weighted by molar-refractivity contribution is -0.149. The highest BCUT2D eigenvalue weighted by molar-refractivity contribution is 7.52. The molecule has 1 aromatic heterocycles. The van der Waals surface area contributed by atoms with Crippen molar-refractivity contribution in [2.24, 2.45) is 0 Å². The fourth-order valence-corrected chi connectivity index (χ4v) is 4.92. The Kier molecular flexibility index (Phi) is 8.08. The average molecular weight is 528 g/mol. The maximum atomic E-state index is 13.6. The summed E-state index contributed by atoms with van der Waals surface area (Å²) >= 11 is 0. The van der Waals surface area contributed by atoms with E-state index in [0.717, 1.165) is 6.07 Å². The molecule has 2 heterocycles. The first kappa shape index (κ1) is 26.3. The molecule has 1 unspecified atom stereocenters. The van der Waals surface area contributed by atoms with Gasteiger partial charge in [-0.25, -0.2) is 9.36 Å². The molecule has 1 saturated heterocycles. The summed E-state index contributed by atoms with van der Waals surface area (Å²) in [4.78, 5) is 38.0. The molecule has 36 heavy (non-hydrogen) atoms. The second kappa shape index (κ2) is 11.1. The highest BCUT2D eigenvalue weighted by Crippen LogP contribution is 2.46. The van der Waals surface area contributed by atoms with Crippen molar-refractivity contribution in [2.45, 2.75) is 63.9 Å². The van der Waals surface area contributed by atoms with Gasteiger partial charge in [0.15, 0.2) is 6.23 Å². The lowest BCUT2D eigenvalue weighted by Crippen LogP contribution is -2.47. The van der Waals surface area contributed by atoms with Crippen molar-refractivity contribution in [1.29, 1.82) is 0 Å². The fraction of sp³-hybridized carbons (Fsp3) is 0.500. The van der Waals surface area contributed by atoms with Crippen LogP contribution < -0.4 is 20.9 Å². The number of H-pyrrole nitrogens is 1. The molecule has 0 saturated carbocycles. The van der Waals surface area contributed by atoms with E-state index in [1.54, 1.807) is 32.0 Å². The van der Waals surface area contributed by atoms with Gasteiger partial charge >= 0.3 is 19.4 Å². The number of nitrogens with one attached hydrogen (secondary N) is 2. The summed E-state index contributed by atoms with van der Waals surface area (Å²) in [5.74, 6) is -0.560. The van der Waals surface area contributed by atoms with Crippen molar-refractivity contribution in [3.8, 4) is 5.75 Å². The van der Waals surface area contributed by atoms with Gasteiger partial charge in [0.25, 0.3) is 5.56 Å².